The molecule has 114 valence electrons. The van der Waals surface area contributed by atoms with Gasteiger partial charge in [-0.25, -0.2) is 4.98 Å². The minimum absolute atomic E-state index is 0.413. The lowest BCUT2D eigenvalue weighted by Gasteiger charge is -2.29. The number of nitrogens with one attached hydrogen (secondary N) is 1. The minimum atomic E-state index is 0.413. The summed E-state index contributed by atoms with van der Waals surface area (Å²) in [6, 6.07) is 2.44. The van der Waals surface area contributed by atoms with Gasteiger partial charge in [0.2, 0.25) is 0 Å². The van der Waals surface area contributed by atoms with E-state index in [0.29, 0.717) is 6.04 Å². The fourth-order valence-electron chi connectivity index (χ4n) is 2.19. The monoisotopic (exact) mass is 297 g/mol. The summed E-state index contributed by atoms with van der Waals surface area (Å²) in [7, 11) is 0. The maximum absolute atomic E-state index is 6.43. The van der Waals surface area contributed by atoms with E-state index in [1.54, 1.807) is 0 Å². The average Bonchev–Trinajstić information content (AvgIpc) is 2.42. The fourth-order valence-corrected chi connectivity index (χ4v) is 2.49. The van der Waals surface area contributed by atoms with Gasteiger partial charge in [0.15, 0.2) is 0 Å². The molecule has 3 nitrogen and oxygen atoms in total. The molecule has 1 heterocycles. The fraction of sp³-hybridized carbons (Fsp3) is 0.688. The first-order chi connectivity index (χ1) is 9.60. The van der Waals surface area contributed by atoms with E-state index in [1.807, 2.05) is 12.3 Å². The largest absolute Gasteiger partial charge is 0.353 e. The lowest BCUT2D eigenvalue weighted by Crippen LogP contribution is -2.32. The van der Waals surface area contributed by atoms with E-state index in [0.717, 1.165) is 36.0 Å². The van der Waals surface area contributed by atoms with Gasteiger partial charge >= 0.3 is 0 Å². The summed E-state index contributed by atoms with van der Waals surface area (Å²) in [5.41, 5.74) is 1.14. The van der Waals surface area contributed by atoms with Gasteiger partial charge in [0, 0.05) is 25.3 Å². The Morgan fingerprint density at radius 1 is 1.30 bits per heavy atom. The third-order valence-electron chi connectivity index (χ3n) is 3.36. The molecule has 0 atom stereocenters. The Bertz CT molecular complexity index is 393. The maximum Gasteiger partial charge on any atom is 0.147 e. The van der Waals surface area contributed by atoms with E-state index in [4.69, 9.17) is 11.6 Å². The van der Waals surface area contributed by atoms with Crippen molar-refractivity contribution in [2.24, 2.45) is 0 Å². The molecule has 4 heteroatoms. The predicted molar refractivity (Wildman–Crippen MR) is 88.6 cm³/mol. The third-order valence-corrected chi connectivity index (χ3v) is 3.63. The van der Waals surface area contributed by atoms with E-state index in [2.05, 4.69) is 42.9 Å². The van der Waals surface area contributed by atoms with Crippen molar-refractivity contribution in [3.63, 3.8) is 0 Å². The van der Waals surface area contributed by atoms with Crippen LogP contribution in [0.4, 0.5) is 5.82 Å². The number of hydrogen-bond donors (Lipinski definition) is 1. The molecule has 0 radical (unpaired) electrons. The average molecular weight is 298 g/mol. The van der Waals surface area contributed by atoms with E-state index in [-0.39, 0.29) is 0 Å². The summed E-state index contributed by atoms with van der Waals surface area (Å²) in [4.78, 5) is 6.89. The number of pyridine rings is 1. The van der Waals surface area contributed by atoms with Gasteiger partial charge in [-0.1, -0.05) is 38.3 Å². The van der Waals surface area contributed by atoms with Gasteiger partial charge < -0.3 is 10.2 Å². The second-order valence-electron chi connectivity index (χ2n) is 5.42. The highest BCUT2D eigenvalue weighted by molar-refractivity contribution is 6.33. The van der Waals surface area contributed by atoms with Crippen LogP contribution in [-0.4, -0.2) is 24.1 Å². The molecule has 0 saturated heterocycles. The lowest BCUT2D eigenvalue weighted by molar-refractivity contribution is 0.619. The molecule has 1 N–H and O–H groups in total. The van der Waals surface area contributed by atoms with Crippen molar-refractivity contribution in [3.8, 4) is 0 Å². The zero-order valence-corrected chi connectivity index (χ0v) is 14.0. The number of hydrogen-bond acceptors (Lipinski definition) is 3. The highest BCUT2D eigenvalue weighted by Crippen LogP contribution is 2.26. The van der Waals surface area contributed by atoms with Gasteiger partial charge in [0.25, 0.3) is 0 Å². The standard InChI is InChI=1S/C16H28ClN3/c1-5-7-8-9-20(13(3)4)16-15(17)10-14(12-19-16)11-18-6-2/h10,12-13,18H,5-9,11H2,1-4H3. The molecule has 0 amide bonds. The van der Waals surface area contributed by atoms with E-state index in [9.17, 15) is 0 Å². The van der Waals surface area contributed by atoms with Crippen molar-refractivity contribution >= 4 is 17.4 Å². The van der Waals surface area contributed by atoms with Gasteiger partial charge in [0.1, 0.15) is 5.82 Å². The van der Waals surface area contributed by atoms with Crippen LogP contribution in [0, 0.1) is 0 Å². The number of halogens is 1. The number of unbranched alkanes of at least 4 members (excludes halogenated alkanes) is 2. The number of anilines is 1. The number of rotatable bonds is 9. The lowest BCUT2D eigenvalue weighted by atomic mass is 10.2. The summed E-state index contributed by atoms with van der Waals surface area (Å²) in [6.45, 7) is 11.5. The summed E-state index contributed by atoms with van der Waals surface area (Å²) in [6.07, 6.45) is 5.60. The summed E-state index contributed by atoms with van der Waals surface area (Å²) < 4.78 is 0. The SMILES string of the molecule is CCCCCN(c1ncc(CNCC)cc1Cl)C(C)C. The van der Waals surface area contributed by atoms with Crippen LogP contribution in [0.25, 0.3) is 0 Å². The van der Waals surface area contributed by atoms with Crippen molar-refractivity contribution in [1.82, 2.24) is 10.3 Å². The maximum atomic E-state index is 6.43. The van der Waals surface area contributed by atoms with Crippen LogP contribution < -0.4 is 10.2 Å². The minimum Gasteiger partial charge on any atom is -0.353 e. The van der Waals surface area contributed by atoms with E-state index in [1.165, 1.54) is 19.3 Å². The molecular formula is C16H28ClN3. The molecule has 0 unspecified atom stereocenters. The van der Waals surface area contributed by atoms with Crippen LogP contribution in [-0.2, 0) is 6.54 Å². The molecule has 1 rings (SSSR count). The zero-order valence-electron chi connectivity index (χ0n) is 13.2. The topological polar surface area (TPSA) is 28.2 Å². The molecule has 0 aliphatic rings. The van der Waals surface area contributed by atoms with Gasteiger partial charge in [-0.3, -0.25) is 0 Å². The Balaban J connectivity index is 2.80. The summed E-state index contributed by atoms with van der Waals surface area (Å²) in [5.74, 6) is 0.915. The van der Waals surface area contributed by atoms with E-state index < -0.39 is 0 Å². The Labute approximate surface area is 128 Å². The van der Waals surface area contributed by atoms with Crippen LogP contribution in [0.1, 0.15) is 52.5 Å². The van der Waals surface area contributed by atoms with Gasteiger partial charge in [-0.2, -0.15) is 0 Å². The van der Waals surface area contributed by atoms with Crippen molar-refractivity contribution in [3.05, 3.63) is 22.8 Å². The Kier molecular flexibility index (Phi) is 7.93. The molecule has 20 heavy (non-hydrogen) atoms. The molecule has 0 aliphatic heterocycles. The van der Waals surface area contributed by atoms with Gasteiger partial charge in [0.05, 0.1) is 5.02 Å². The van der Waals surface area contributed by atoms with E-state index >= 15 is 0 Å². The first-order valence-electron chi connectivity index (χ1n) is 7.71. The number of aromatic nitrogens is 1. The second kappa shape index (κ2) is 9.19. The van der Waals surface area contributed by atoms with Crippen LogP contribution >= 0.6 is 11.6 Å². The molecule has 1 aromatic heterocycles. The van der Waals surface area contributed by atoms with Crippen LogP contribution in [0.5, 0.6) is 0 Å². The first kappa shape index (κ1) is 17.3. The van der Waals surface area contributed by atoms with Crippen LogP contribution in [0.15, 0.2) is 12.3 Å². The second-order valence-corrected chi connectivity index (χ2v) is 5.83. The Hall–Kier alpha value is -0.800. The molecule has 0 aliphatic carbocycles. The Morgan fingerprint density at radius 3 is 2.60 bits per heavy atom. The molecule has 0 bridgehead atoms. The predicted octanol–water partition coefficient (Wildman–Crippen LogP) is 4.25. The van der Waals surface area contributed by atoms with Gasteiger partial charge in [-0.15, -0.1) is 0 Å². The summed E-state index contributed by atoms with van der Waals surface area (Å²) >= 11 is 6.43. The highest BCUT2D eigenvalue weighted by atomic mass is 35.5. The number of nitrogens with zero attached hydrogens (tertiary/aromatic N) is 2. The van der Waals surface area contributed by atoms with Crippen molar-refractivity contribution in [2.75, 3.05) is 18.0 Å². The van der Waals surface area contributed by atoms with Crippen LogP contribution in [0.3, 0.4) is 0 Å². The van der Waals surface area contributed by atoms with Crippen molar-refractivity contribution < 1.29 is 0 Å². The molecule has 0 saturated carbocycles. The molecule has 0 spiro atoms. The normalized spacial score (nSPS) is 11.1. The first-order valence-corrected chi connectivity index (χ1v) is 8.09. The van der Waals surface area contributed by atoms with Crippen molar-refractivity contribution in [1.29, 1.82) is 0 Å². The molecular weight excluding hydrogens is 270 g/mol. The highest BCUT2D eigenvalue weighted by Gasteiger charge is 2.15. The molecule has 0 fully saturated rings. The smallest absolute Gasteiger partial charge is 0.147 e. The summed E-state index contributed by atoms with van der Waals surface area (Å²) in [5, 5.41) is 4.05. The van der Waals surface area contributed by atoms with Crippen LogP contribution in [0.2, 0.25) is 5.02 Å². The third kappa shape index (κ3) is 5.29. The Morgan fingerprint density at radius 2 is 2.05 bits per heavy atom. The quantitative estimate of drug-likeness (QED) is 0.691. The molecule has 0 aromatic carbocycles. The molecule has 1 aromatic rings. The van der Waals surface area contributed by atoms with Crippen molar-refractivity contribution in [2.45, 2.75) is 59.5 Å². The van der Waals surface area contributed by atoms with Gasteiger partial charge in [-0.05, 0) is 38.4 Å². The zero-order chi connectivity index (χ0) is 15.0.